The molecule has 3 aromatic rings. The minimum absolute atomic E-state index is 0.344. The molecule has 128 valence electrons. The molecule has 0 aliphatic rings. The van der Waals surface area contributed by atoms with E-state index in [0.29, 0.717) is 33.9 Å². The Morgan fingerprint density at radius 2 is 1.96 bits per heavy atom. The summed E-state index contributed by atoms with van der Waals surface area (Å²) in [4.78, 5) is 0. The number of nitrogens with zero attached hydrogens (tertiary/aromatic N) is 4. The lowest BCUT2D eigenvalue weighted by Gasteiger charge is -2.18. The molecule has 0 unspecified atom stereocenters. The Kier molecular flexibility index (Phi) is 3.71. The molecule has 0 aliphatic carbocycles. The molecule has 0 radical (unpaired) electrons. The second kappa shape index (κ2) is 5.48. The van der Waals surface area contributed by atoms with E-state index in [0.717, 1.165) is 0 Å². The molecule has 0 saturated heterocycles. The highest BCUT2D eigenvalue weighted by atomic mass is 19.1. The van der Waals surface area contributed by atoms with Crippen LogP contribution in [0.3, 0.4) is 0 Å². The van der Waals surface area contributed by atoms with Gasteiger partial charge < -0.3 is 15.2 Å². The Morgan fingerprint density at radius 1 is 1.25 bits per heavy atom. The molecule has 2 heterocycles. The number of aromatic nitrogens is 4. The van der Waals surface area contributed by atoms with E-state index in [1.807, 2.05) is 0 Å². The second-order valence-corrected chi connectivity index (χ2v) is 6.20. The standard InChI is InChI=1S/C16H20FN5O2/c1-16(2,23)9-6-10(17)13-12(7-9)21(3)20-14(13)19-11-8-18-22(4)15(11)24-5/h6-8,23H,1-5H3,(H,19,20). The van der Waals surface area contributed by atoms with E-state index in [2.05, 4.69) is 15.5 Å². The maximum Gasteiger partial charge on any atom is 0.235 e. The zero-order valence-corrected chi connectivity index (χ0v) is 14.3. The number of aryl methyl sites for hydroxylation is 2. The third-order valence-electron chi connectivity index (χ3n) is 3.94. The van der Waals surface area contributed by atoms with Crippen LogP contribution in [0.2, 0.25) is 0 Å². The van der Waals surface area contributed by atoms with Crippen molar-refractivity contribution in [2.75, 3.05) is 12.4 Å². The molecule has 0 spiro atoms. The first kappa shape index (κ1) is 16.3. The first-order valence-corrected chi connectivity index (χ1v) is 7.44. The number of fused-ring (bicyclic) bond motifs is 1. The molecule has 8 heteroatoms. The van der Waals surface area contributed by atoms with Crippen LogP contribution in [0.1, 0.15) is 19.4 Å². The van der Waals surface area contributed by atoms with Gasteiger partial charge in [-0.15, -0.1) is 0 Å². The molecular weight excluding hydrogens is 313 g/mol. The van der Waals surface area contributed by atoms with Crippen LogP contribution in [0.15, 0.2) is 18.3 Å². The fourth-order valence-electron chi connectivity index (χ4n) is 2.66. The summed E-state index contributed by atoms with van der Waals surface area (Å²) < 4.78 is 23.1. The summed E-state index contributed by atoms with van der Waals surface area (Å²) in [5.74, 6) is 0.420. The van der Waals surface area contributed by atoms with Crippen LogP contribution in [-0.2, 0) is 19.7 Å². The van der Waals surface area contributed by atoms with Gasteiger partial charge in [0.2, 0.25) is 5.88 Å². The van der Waals surface area contributed by atoms with Crippen LogP contribution in [0.5, 0.6) is 5.88 Å². The summed E-state index contributed by atoms with van der Waals surface area (Å²) in [5, 5.41) is 22.0. The van der Waals surface area contributed by atoms with Crippen molar-refractivity contribution >= 4 is 22.4 Å². The number of rotatable bonds is 4. The molecular formula is C16H20FN5O2. The summed E-state index contributed by atoms with van der Waals surface area (Å²) in [6, 6.07) is 3.06. The summed E-state index contributed by atoms with van der Waals surface area (Å²) in [7, 11) is 5.01. The third-order valence-corrected chi connectivity index (χ3v) is 3.94. The highest BCUT2D eigenvalue weighted by Crippen LogP contribution is 2.34. The Bertz CT molecular complexity index is 907. The zero-order chi connectivity index (χ0) is 17.6. The van der Waals surface area contributed by atoms with Gasteiger partial charge in [0.1, 0.15) is 11.5 Å². The molecule has 7 nitrogen and oxygen atoms in total. The number of benzene rings is 1. The number of methoxy groups -OCH3 is 1. The smallest absolute Gasteiger partial charge is 0.235 e. The van der Waals surface area contributed by atoms with Gasteiger partial charge in [-0.1, -0.05) is 0 Å². The highest BCUT2D eigenvalue weighted by molar-refractivity contribution is 5.93. The van der Waals surface area contributed by atoms with Gasteiger partial charge in [0.25, 0.3) is 0 Å². The fraction of sp³-hybridized carbons (Fsp3) is 0.375. The number of anilines is 2. The highest BCUT2D eigenvalue weighted by Gasteiger charge is 2.22. The third kappa shape index (κ3) is 2.58. The van der Waals surface area contributed by atoms with Gasteiger partial charge in [-0.05, 0) is 31.5 Å². The Morgan fingerprint density at radius 3 is 2.58 bits per heavy atom. The number of nitrogens with one attached hydrogen (secondary N) is 1. The largest absolute Gasteiger partial charge is 0.480 e. The van der Waals surface area contributed by atoms with E-state index < -0.39 is 11.4 Å². The maximum atomic E-state index is 14.7. The van der Waals surface area contributed by atoms with Crippen LogP contribution < -0.4 is 10.1 Å². The Balaban J connectivity index is 2.13. The van der Waals surface area contributed by atoms with E-state index in [-0.39, 0.29) is 0 Å². The average Bonchev–Trinajstić information content (AvgIpc) is 2.99. The zero-order valence-electron chi connectivity index (χ0n) is 14.3. The minimum atomic E-state index is -1.14. The number of halogens is 1. The van der Waals surface area contributed by atoms with E-state index >= 15 is 0 Å². The predicted octanol–water partition coefficient (Wildman–Crippen LogP) is 2.43. The summed E-state index contributed by atoms with van der Waals surface area (Å²) in [6.07, 6.45) is 1.59. The van der Waals surface area contributed by atoms with Crippen molar-refractivity contribution in [1.29, 1.82) is 0 Å². The monoisotopic (exact) mass is 333 g/mol. The van der Waals surface area contributed by atoms with Crippen LogP contribution in [0.25, 0.3) is 10.9 Å². The van der Waals surface area contributed by atoms with Crippen molar-refractivity contribution in [3.8, 4) is 5.88 Å². The normalized spacial score (nSPS) is 12.0. The van der Waals surface area contributed by atoms with Gasteiger partial charge in [0.05, 0.1) is 29.8 Å². The van der Waals surface area contributed by atoms with Crippen LogP contribution in [0.4, 0.5) is 15.9 Å². The molecule has 0 saturated carbocycles. The van der Waals surface area contributed by atoms with Gasteiger partial charge in [0.15, 0.2) is 5.82 Å². The maximum absolute atomic E-state index is 14.7. The van der Waals surface area contributed by atoms with E-state index in [9.17, 15) is 9.50 Å². The predicted molar refractivity (Wildman–Crippen MR) is 89.0 cm³/mol. The molecule has 0 aliphatic heterocycles. The molecule has 0 atom stereocenters. The van der Waals surface area contributed by atoms with Crippen molar-refractivity contribution in [2.24, 2.45) is 14.1 Å². The first-order valence-electron chi connectivity index (χ1n) is 7.44. The number of hydrogen-bond acceptors (Lipinski definition) is 5. The molecule has 3 rings (SSSR count). The summed E-state index contributed by atoms with van der Waals surface area (Å²) >= 11 is 0. The van der Waals surface area contributed by atoms with Crippen molar-refractivity contribution in [2.45, 2.75) is 19.4 Å². The summed E-state index contributed by atoms with van der Waals surface area (Å²) in [6.45, 7) is 3.23. The fourth-order valence-corrected chi connectivity index (χ4v) is 2.66. The van der Waals surface area contributed by atoms with E-state index in [4.69, 9.17) is 4.74 Å². The lowest BCUT2D eigenvalue weighted by molar-refractivity contribution is 0.0784. The van der Waals surface area contributed by atoms with Gasteiger partial charge in [-0.3, -0.25) is 4.68 Å². The van der Waals surface area contributed by atoms with Crippen LogP contribution in [0, 0.1) is 5.82 Å². The SMILES string of the molecule is COc1c(Nc2nn(C)c3cc(C(C)(C)O)cc(F)c23)cnn1C. The first-order chi connectivity index (χ1) is 11.2. The van der Waals surface area contributed by atoms with Gasteiger partial charge in [0, 0.05) is 14.1 Å². The Hall–Kier alpha value is -2.61. The van der Waals surface area contributed by atoms with Crippen LogP contribution >= 0.6 is 0 Å². The van der Waals surface area contributed by atoms with Gasteiger partial charge in [-0.25, -0.2) is 9.07 Å². The average molecular weight is 333 g/mol. The van der Waals surface area contributed by atoms with Crippen molar-refractivity contribution in [3.63, 3.8) is 0 Å². The second-order valence-electron chi connectivity index (χ2n) is 6.20. The molecule has 0 fully saturated rings. The summed E-state index contributed by atoms with van der Waals surface area (Å²) in [5.41, 5.74) is 0.517. The minimum Gasteiger partial charge on any atom is -0.480 e. The van der Waals surface area contributed by atoms with E-state index in [1.54, 1.807) is 49.6 Å². The van der Waals surface area contributed by atoms with Gasteiger partial charge >= 0.3 is 0 Å². The number of aliphatic hydroxyl groups is 1. The molecule has 2 aromatic heterocycles. The lowest BCUT2D eigenvalue weighted by atomic mass is 9.97. The molecule has 24 heavy (non-hydrogen) atoms. The van der Waals surface area contributed by atoms with E-state index in [1.165, 1.54) is 13.2 Å². The van der Waals surface area contributed by atoms with Gasteiger partial charge in [-0.2, -0.15) is 10.2 Å². The van der Waals surface area contributed by atoms with Crippen LogP contribution in [-0.4, -0.2) is 31.8 Å². The van der Waals surface area contributed by atoms with Crippen molar-refractivity contribution in [1.82, 2.24) is 19.6 Å². The quantitative estimate of drug-likeness (QED) is 0.767. The van der Waals surface area contributed by atoms with Crippen molar-refractivity contribution in [3.05, 3.63) is 29.7 Å². The lowest BCUT2D eigenvalue weighted by Crippen LogP contribution is -2.15. The number of hydrogen-bond donors (Lipinski definition) is 2. The molecule has 0 bridgehead atoms. The van der Waals surface area contributed by atoms with Crippen molar-refractivity contribution < 1.29 is 14.2 Å². The Labute approximate surface area is 138 Å². The molecule has 0 amide bonds. The topological polar surface area (TPSA) is 77.1 Å². The number of ether oxygens (including phenoxy) is 1. The molecule has 2 N–H and O–H groups in total. The molecule has 1 aromatic carbocycles.